The Bertz CT molecular complexity index is 317. The Morgan fingerprint density at radius 2 is 2.06 bits per heavy atom. The highest BCUT2D eigenvalue weighted by Gasteiger charge is 2.48. The quantitative estimate of drug-likeness (QED) is 0.760. The Hall–Kier alpha value is -0.640. The lowest BCUT2D eigenvalue weighted by atomic mass is 9.63. The molecule has 0 aromatic carbocycles. The van der Waals surface area contributed by atoms with Crippen molar-refractivity contribution in [2.75, 3.05) is 0 Å². The molecule has 0 amide bonds. The van der Waals surface area contributed by atoms with Crippen molar-refractivity contribution >= 4 is 23.1 Å². The Balaban J connectivity index is 3.09. The molecule has 0 aromatic rings. The van der Waals surface area contributed by atoms with Crippen molar-refractivity contribution in [3.05, 3.63) is 0 Å². The summed E-state index contributed by atoms with van der Waals surface area (Å²) in [5, 5.41) is 3.35. The summed E-state index contributed by atoms with van der Waals surface area (Å²) in [6.45, 7) is 8.17. The lowest BCUT2D eigenvalue weighted by Crippen LogP contribution is -2.63. The fourth-order valence-corrected chi connectivity index (χ4v) is 3.45. The maximum Gasteiger partial charge on any atom is 0.164 e. The van der Waals surface area contributed by atoms with Crippen LogP contribution in [-0.2, 0) is 4.79 Å². The molecule has 1 saturated carbocycles. The summed E-state index contributed by atoms with van der Waals surface area (Å²) in [6.07, 6.45) is 3.08. The van der Waals surface area contributed by atoms with E-state index >= 15 is 0 Å². The summed E-state index contributed by atoms with van der Waals surface area (Å²) >= 11 is 4.96. The number of carbonyl (C=O) groups is 1. The molecule has 3 N–H and O–H groups in total. The zero-order valence-electron chi connectivity index (χ0n) is 11.2. The topological polar surface area (TPSA) is 55.1 Å². The van der Waals surface area contributed by atoms with Gasteiger partial charge in [-0.2, -0.15) is 0 Å². The van der Waals surface area contributed by atoms with Crippen LogP contribution in [0.15, 0.2) is 0 Å². The maximum atomic E-state index is 12.1. The number of nitrogens with one attached hydrogen (secondary N) is 1. The van der Waals surface area contributed by atoms with Gasteiger partial charge in [-0.05, 0) is 49.7 Å². The Kier molecular flexibility index (Phi) is 4.53. The average Bonchev–Trinajstić information content (AvgIpc) is 2.15. The van der Waals surface area contributed by atoms with E-state index in [4.69, 9.17) is 18.0 Å². The van der Waals surface area contributed by atoms with Gasteiger partial charge in [-0.25, -0.2) is 0 Å². The Morgan fingerprint density at radius 1 is 1.47 bits per heavy atom. The van der Waals surface area contributed by atoms with E-state index in [1.54, 1.807) is 6.92 Å². The normalized spacial score (nSPS) is 33.5. The van der Waals surface area contributed by atoms with Gasteiger partial charge in [0.2, 0.25) is 0 Å². The number of thiocarbonyl (C=S) groups is 1. The van der Waals surface area contributed by atoms with E-state index in [2.05, 4.69) is 26.1 Å². The number of hydrogen-bond donors (Lipinski definition) is 2. The van der Waals surface area contributed by atoms with Crippen LogP contribution in [0, 0.1) is 17.8 Å². The van der Waals surface area contributed by atoms with Crippen molar-refractivity contribution in [1.29, 1.82) is 0 Å². The molecule has 0 saturated heterocycles. The van der Waals surface area contributed by atoms with E-state index in [9.17, 15) is 4.79 Å². The van der Waals surface area contributed by atoms with Gasteiger partial charge < -0.3 is 11.1 Å². The van der Waals surface area contributed by atoms with Crippen molar-refractivity contribution in [3.63, 3.8) is 0 Å². The van der Waals surface area contributed by atoms with Gasteiger partial charge >= 0.3 is 0 Å². The van der Waals surface area contributed by atoms with Crippen LogP contribution in [-0.4, -0.2) is 16.4 Å². The largest absolute Gasteiger partial charge is 0.376 e. The minimum atomic E-state index is -0.544. The van der Waals surface area contributed by atoms with Crippen LogP contribution >= 0.6 is 12.2 Å². The summed E-state index contributed by atoms with van der Waals surface area (Å²) < 4.78 is 0. The molecule has 1 aliphatic carbocycles. The molecule has 0 heterocycles. The summed E-state index contributed by atoms with van der Waals surface area (Å²) in [5.41, 5.74) is 5.08. The van der Waals surface area contributed by atoms with Crippen LogP contribution < -0.4 is 11.1 Å². The maximum absolute atomic E-state index is 12.1. The van der Waals surface area contributed by atoms with Gasteiger partial charge in [0.1, 0.15) is 5.54 Å². The van der Waals surface area contributed by atoms with Crippen molar-refractivity contribution in [1.82, 2.24) is 5.32 Å². The molecule has 3 atom stereocenters. The molecule has 1 fully saturated rings. The highest BCUT2D eigenvalue weighted by Crippen LogP contribution is 2.41. The number of rotatable bonds is 3. The molecular formula is C13H24N2OS. The molecule has 1 aliphatic rings. The molecule has 0 aliphatic heterocycles. The third kappa shape index (κ3) is 2.97. The smallest absolute Gasteiger partial charge is 0.164 e. The number of hydrogen-bond acceptors (Lipinski definition) is 2. The fourth-order valence-electron chi connectivity index (χ4n) is 3.27. The van der Waals surface area contributed by atoms with E-state index in [1.165, 1.54) is 6.42 Å². The highest BCUT2D eigenvalue weighted by atomic mass is 32.1. The monoisotopic (exact) mass is 256 g/mol. The molecule has 3 nitrogen and oxygen atoms in total. The lowest BCUT2D eigenvalue weighted by molar-refractivity contribution is -0.128. The van der Waals surface area contributed by atoms with Gasteiger partial charge in [0.15, 0.2) is 10.9 Å². The molecule has 98 valence electrons. The van der Waals surface area contributed by atoms with Gasteiger partial charge in [-0.15, -0.1) is 0 Å². The van der Waals surface area contributed by atoms with Crippen molar-refractivity contribution in [2.45, 2.75) is 52.5 Å². The standard InChI is InChI=1S/C13H24N2OS/c1-8(2)11-6-5-9(3)7-13(11,10(4)16)15-12(14)17/h8-9,11H,5-7H2,1-4H3,(H3,14,15,17). The molecule has 3 unspecified atom stereocenters. The van der Waals surface area contributed by atoms with Crippen LogP contribution in [0.5, 0.6) is 0 Å². The minimum absolute atomic E-state index is 0.163. The van der Waals surface area contributed by atoms with Crippen LogP contribution in [0.4, 0.5) is 0 Å². The Morgan fingerprint density at radius 3 is 2.47 bits per heavy atom. The van der Waals surface area contributed by atoms with Crippen LogP contribution in [0.2, 0.25) is 0 Å². The molecule has 0 spiro atoms. The van der Waals surface area contributed by atoms with Crippen molar-refractivity contribution in [2.24, 2.45) is 23.5 Å². The second kappa shape index (κ2) is 5.34. The first-order chi connectivity index (χ1) is 7.79. The van der Waals surface area contributed by atoms with Gasteiger partial charge in [0.25, 0.3) is 0 Å². The molecule has 0 bridgehead atoms. The molecule has 0 radical (unpaired) electrons. The first kappa shape index (κ1) is 14.4. The van der Waals surface area contributed by atoms with Gasteiger partial charge in [-0.1, -0.05) is 27.2 Å². The predicted molar refractivity (Wildman–Crippen MR) is 74.7 cm³/mol. The van der Waals surface area contributed by atoms with Crippen molar-refractivity contribution < 1.29 is 4.79 Å². The molecule has 17 heavy (non-hydrogen) atoms. The van der Waals surface area contributed by atoms with Crippen LogP contribution in [0.3, 0.4) is 0 Å². The van der Waals surface area contributed by atoms with Crippen molar-refractivity contribution in [3.8, 4) is 0 Å². The number of carbonyl (C=O) groups excluding carboxylic acids is 1. The number of Topliss-reactive ketones (excluding diaryl/α,β-unsaturated/α-hetero) is 1. The zero-order valence-corrected chi connectivity index (χ0v) is 12.1. The van der Waals surface area contributed by atoms with Gasteiger partial charge in [0, 0.05) is 0 Å². The molecule has 0 aromatic heterocycles. The van der Waals surface area contributed by atoms with E-state index in [-0.39, 0.29) is 10.9 Å². The second-order valence-corrected chi connectivity index (χ2v) is 6.19. The first-order valence-electron chi connectivity index (χ1n) is 6.38. The first-order valence-corrected chi connectivity index (χ1v) is 6.79. The van der Waals surface area contributed by atoms with E-state index < -0.39 is 5.54 Å². The summed E-state index contributed by atoms with van der Waals surface area (Å²) in [4.78, 5) is 12.1. The highest BCUT2D eigenvalue weighted by molar-refractivity contribution is 7.80. The minimum Gasteiger partial charge on any atom is -0.376 e. The fraction of sp³-hybridized carbons (Fsp3) is 0.846. The lowest BCUT2D eigenvalue weighted by Gasteiger charge is -2.47. The van der Waals surface area contributed by atoms with Gasteiger partial charge in [0.05, 0.1) is 0 Å². The van der Waals surface area contributed by atoms with Gasteiger partial charge in [-0.3, -0.25) is 4.79 Å². The van der Waals surface area contributed by atoms with E-state index in [0.717, 1.165) is 12.8 Å². The third-order valence-corrected chi connectivity index (χ3v) is 4.16. The average molecular weight is 256 g/mol. The van der Waals surface area contributed by atoms with E-state index in [0.29, 0.717) is 17.8 Å². The number of ketones is 1. The second-order valence-electron chi connectivity index (χ2n) is 5.75. The van der Waals surface area contributed by atoms with E-state index in [1.807, 2.05) is 0 Å². The summed E-state index contributed by atoms with van der Waals surface area (Å²) in [6, 6.07) is 0. The SMILES string of the molecule is CC(=O)C1(NC(N)=S)CC(C)CCC1C(C)C. The van der Waals surface area contributed by atoms with Crippen LogP contribution in [0.1, 0.15) is 47.0 Å². The zero-order chi connectivity index (χ0) is 13.2. The molecule has 1 rings (SSSR count). The number of nitrogens with two attached hydrogens (primary N) is 1. The summed E-state index contributed by atoms with van der Waals surface area (Å²) in [5.74, 6) is 1.47. The summed E-state index contributed by atoms with van der Waals surface area (Å²) in [7, 11) is 0. The predicted octanol–water partition coefficient (Wildman–Crippen LogP) is 2.24. The third-order valence-electron chi connectivity index (χ3n) is 4.05. The molecular weight excluding hydrogens is 232 g/mol. The van der Waals surface area contributed by atoms with Crippen LogP contribution in [0.25, 0.3) is 0 Å². The Labute approximate surface area is 110 Å². The molecule has 4 heteroatoms.